The summed E-state index contributed by atoms with van der Waals surface area (Å²) >= 11 is 1.46. The van der Waals surface area contributed by atoms with Crippen LogP contribution >= 0.6 is 11.3 Å². The Morgan fingerprint density at radius 2 is 2.16 bits per heavy atom. The molecule has 0 fully saturated rings. The SMILES string of the molecule is CN(Cc1cscn1)C(=O)c1ccc(C(=O)O)cn1. The summed E-state index contributed by atoms with van der Waals surface area (Å²) in [6.07, 6.45) is 1.17. The van der Waals surface area contributed by atoms with Gasteiger partial charge in [0.05, 0.1) is 23.3 Å². The summed E-state index contributed by atoms with van der Waals surface area (Å²) in [7, 11) is 1.65. The fraction of sp³-hybridized carbons (Fsp3) is 0.167. The number of rotatable bonds is 4. The molecule has 6 nitrogen and oxygen atoms in total. The molecule has 0 aromatic carbocycles. The van der Waals surface area contributed by atoms with E-state index >= 15 is 0 Å². The lowest BCUT2D eigenvalue weighted by atomic mass is 10.2. The maximum Gasteiger partial charge on any atom is 0.337 e. The largest absolute Gasteiger partial charge is 0.478 e. The van der Waals surface area contributed by atoms with Crippen LogP contribution < -0.4 is 0 Å². The highest BCUT2D eigenvalue weighted by atomic mass is 32.1. The lowest BCUT2D eigenvalue weighted by Gasteiger charge is -2.15. The third-order valence-electron chi connectivity index (χ3n) is 2.46. The van der Waals surface area contributed by atoms with E-state index in [2.05, 4.69) is 9.97 Å². The molecule has 0 aliphatic rings. The first-order valence-electron chi connectivity index (χ1n) is 5.40. The van der Waals surface area contributed by atoms with Crippen LogP contribution in [0.5, 0.6) is 0 Å². The van der Waals surface area contributed by atoms with Crippen molar-refractivity contribution in [1.82, 2.24) is 14.9 Å². The first kappa shape index (κ1) is 13.2. The summed E-state index contributed by atoms with van der Waals surface area (Å²) in [5.41, 5.74) is 2.78. The van der Waals surface area contributed by atoms with Crippen molar-refractivity contribution >= 4 is 23.2 Å². The Kier molecular flexibility index (Phi) is 3.86. The Balaban J connectivity index is 2.08. The molecular weight excluding hydrogens is 266 g/mol. The molecule has 1 amide bonds. The minimum absolute atomic E-state index is 0.0544. The van der Waals surface area contributed by atoms with E-state index in [4.69, 9.17) is 5.11 Å². The number of carboxylic acid groups (broad SMARTS) is 1. The second-order valence-electron chi connectivity index (χ2n) is 3.88. The van der Waals surface area contributed by atoms with E-state index in [9.17, 15) is 9.59 Å². The zero-order valence-corrected chi connectivity index (χ0v) is 10.9. The topological polar surface area (TPSA) is 83.4 Å². The molecule has 0 spiro atoms. The Labute approximate surface area is 113 Å². The van der Waals surface area contributed by atoms with Crippen molar-refractivity contribution < 1.29 is 14.7 Å². The summed E-state index contributed by atoms with van der Waals surface area (Å²) in [4.78, 5) is 32.2. The van der Waals surface area contributed by atoms with E-state index < -0.39 is 5.97 Å². The third kappa shape index (κ3) is 3.14. The summed E-state index contributed by atoms with van der Waals surface area (Å²) < 4.78 is 0. The van der Waals surface area contributed by atoms with Crippen LogP contribution in [0.1, 0.15) is 26.5 Å². The summed E-state index contributed by atoms with van der Waals surface area (Å²) in [5.74, 6) is -1.34. The molecule has 0 saturated heterocycles. The molecular formula is C12H11N3O3S. The van der Waals surface area contributed by atoms with Gasteiger partial charge in [-0.05, 0) is 12.1 Å². The highest BCUT2D eigenvalue weighted by Crippen LogP contribution is 2.08. The molecule has 1 N–H and O–H groups in total. The third-order valence-corrected chi connectivity index (χ3v) is 3.09. The predicted molar refractivity (Wildman–Crippen MR) is 69.1 cm³/mol. The Morgan fingerprint density at radius 1 is 1.37 bits per heavy atom. The van der Waals surface area contributed by atoms with Crippen molar-refractivity contribution in [3.63, 3.8) is 0 Å². The molecule has 2 aromatic heterocycles. The molecule has 7 heteroatoms. The number of amides is 1. The van der Waals surface area contributed by atoms with Gasteiger partial charge < -0.3 is 10.0 Å². The number of carboxylic acids is 1. The van der Waals surface area contributed by atoms with Crippen LogP contribution in [0.4, 0.5) is 0 Å². The zero-order chi connectivity index (χ0) is 13.8. The fourth-order valence-electron chi connectivity index (χ4n) is 1.47. The molecule has 0 saturated carbocycles. The van der Waals surface area contributed by atoms with E-state index in [1.807, 2.05) is 5.38 Å². The zero-order valence-electron chi connectivity index (χ0n) is 10.1. The van der Waals surface area contributed by atoms with E-state index in [1.54, 1.807) is 12.6 Å². The van der Waals surface area contributed by atoms with Crippen LogP contribution in [0.2, 0.25) is 0 Å². The number of pyridine rings is 1. The number of aromatic carboxylic acids is 1. The second kappa shape index (κ2) is 5.57. The monoisotopic (exact) mass is 277 g/mol. The number of aromatic nitrogens is 2. The number of nitrogens with zero attached hydrogens (tertiary/aromatic N) is 3. The Bertz CT molecular complexity index is 581. The minimum atomic E-state index is -1.07. The van der Waals surface area contributed by atoms with Gasteiger partial charge in [-0.3, -0.25) is 9.78 Å². The van der Waals surface area contributed by atoms with Gasteiger partial charge in [-0.25, -0.2) is 9.78 Å². The molecule has 2 rings (SSSR count). The number of carbonyl (C=O) groups excluding carboxylic acids is 1. The van der Waals surface area contributed by atoms with Crippen LogP contribution in [0.25, 0.3) is 0 Å². The fourth-order valence-corrected chi connectivity index (χ4v) is 2.02. The molecule has 0 bridgehead atoms. The normalized spacial score (nSPS) is 10.2. The van der Waals surface area contributed by atoms with E-state index in [-0.39, 0.29) is 17.2 Å². The van der Waals surface area contributed by atoms with Gasteiger partial charge in [0.2, 0.25) is 0 Å². The number of carbonyl (C=O) groups is 2. The molecule has 0 atom stereocenters. The highest BCUT2D eigenvalue weighted by molar-refractivity contribution is 7.07. The van der Waals surface area contributed by atoms with Gasteiger partial charge in [0.15, 0.2) is 0 Å². The van der Waals surface area contributed by atoms with Crippen molar-refractivity contribution in [1.29, 1.82) is 0 Å². The smallest absolute Gasteiger partial charge is 0.337 e. The Hall–Kier alpha value is -2.28. The molecule has 0 aliphatic carbocycles. The van der Waals surface area contributed by atoms with Gasteiger partial charge in [0, 0.05) is 18.6 Å². The molecule has 2 aromatic rings. The molecule has 19 heavy (non-hydrogen) atoms. The first-order valence-corrected chi connectivity index (χ1v) is 6.34. The number of thiazole rings is 1. The molecule has 2 heterocycles. The first-order chi connectivity index (χ1) is 9.08. The highest BCUT2D eigenvalue weighted by Gasteiger charge is 2.14. The molecule has 98 valence electrons. The van der Waals surface area contributed by atoms with Crippen LogP contribution in [-0.2, 0) is 6.54 Å². The molecule has 0 unspecified atom stereocenters. The van der Waals surface area contributed by atoms with Crippen molar-refractivity contribution in [2.45, 2.75) is 6.54 Å². The predicted octanol–water partition coefficient (Wildman–Crippen LogP) is 1.51. The average molecular weight is 277 g/mol. The van der Waals surface area contributed by atoms with Crippen LogP contribution in [0.15, 0.2) is 29.2 Å². The van der Waals surface area contributed by atoms with Crippen molar-refractivity contribution in [2.75, 3.05) is 7.05 Å². The summed E-state index contributed by atoms with van der Waals surface area (Å²) in [6, 6.07) is 2.77. The minimum Gasteiger partial charge on any atom is -0.478 e. The summed E-state index contributed by atoms with van der Waals surface area (Å²) in [6.45, 7) is 0.394. The molecule has 0 radical (unpaired) electrons. The van der Waals surface area contributed by atoms with Crippen molar-refractivity contribution in [3.8, 4) is 0 Å². The lowest BCUT2D eigenvalue weighted by Crippen LogP contribution is -2.27. The van der Waals surface area contributed by atoms with E-state index in [0.29, 0.717) is 6.54 Å². The van der Waals surface area contributed by atoms with Crippen LogP contribution in [0, 0.1) is 0 Å². The van der Waals surface area contributed by atoms with E-state index in [0.717, 1.165) is 5.69 Å². The standard InChI is InChI=1S/C12H11N3O3S/c1-15(5-9-6-19-7-14-9)11(16)10-3-2-8(4-13-10)12(17)18/h2-4,6-7H,5H2,1H3,(H,17,18). The van der Waals surface area contributed by atoms with Gasteiger partial charge in [-0.15, -0.1) is 11.3 Å². The van der Waals surface area contributed by atoms with Gasteiger partial charge in [0.1, 0.15) is 5.69 Å². The van der Waals surface area contributed by atoms with Crippen molar-refractivity contribution in [2.24, 2.45) is 0 Å². The quantitative estimate of drug-likeness (QED) is 0.915. The Morgan fingerprint density at radius 3 is 2.68 bits per heavy atom. The van der Waals surface area contributed by atoms with Crippen molar-refractivity contribution in [3.05, 3.63) is 46.2 Å². The maximum absolute atomic E-state index is 12.0. The van der Waals surface area contributed by atoms with Gasteiger partial charge >= 0.3 is 5.97 Å². The van der Waals surface area contributed by atoms with Gasteiger partial charge in [-0.1, -0.05) is 0 Å². The average Bonchev–Trinajstić information content (AvgIpc) is 2.90. The van der Waals surface area contributed by atoms with Crippen LogP contribution in [0.3, 0.4) is 0 Å². The summed E-state index contributed by atoms with van der Waals surface area (Å²) in [5, 5.41) is 10.6. The van der Waals surface area contributed by atoms with Gasteiger partial charge in [0.25, 0.3) is 5.91 Å². The maximum atomic E-state index is 12.0. The number of hydrogen-bond acceptors (Lipinski definition) is 5. The second-order valence-corrected chi connectivity index (χ2v) is 4.60. The lowest BCUT2D eigenvalue weighted by molar-refractivity contribution is 0.0694. The van der Waals surface area contributed by atoms with E-state index in [1.165, 1.54) is 34.6 Å². The van der Waals surface area contributed by atoms with Gasteiger partial charge in [-0.2, -0.15) is 0 Å². The van der Waals surface area contributed by atoms with Crippen LogP contribution in [-0.4, -0.2) is 38.9 Å². The molecule has 0 aliphatic heterocycles. The number of hydrogen-bond donors (Lipinski definition) is 1.